The summed E-state index contributed by atoms with van der Waals surface area (Å²) in [5.74, 6) is -2.05. The first-order chi connectivity index (χ1) is 17.6. The number of oxime groups is 1. The van der Waals surface area contributed by atoms with Crippen LogP contribution >= 0.6 is 23.2 Å². The molecule has 1 saturated heterocycles. The highest BCUT2D eigenvalue weighted by molar-refractivity contribution is 6.34. The number of hydrogen-bond acceptors (Lipinski definition) is 4. The second-order valence-corrected chi connectivity index (χ2v) is 10.2. The van der Waals surface area contributed by atoms with Gasteiger partial charge in [-0.25, -0.2) is 0 Å². The minimum Gasteiger partial charge on any atom is -0.374 e. The molecule has 2 aliphatic heterocycles. The van der Waals surface area contributed by atoms with E-state index in [2.05, 4.69) is 5.16 Å². The third kappa shape index (κ3) is 5.63. The Morgan fingerprint density at radius 3 is 2.34 bits per heavy atom. The van der Waals surface area contributed by atoms with Crippen LogP contribution in [0.4, 0.5) is 26.3 Å². The molecular formula is C25H20Cl2F6N2O3. The van der Waals surface area contributed by atoms with Crippen LogP contribution in [-0.2, 0) is 15.2 Å². The van der Waals surface area contributed by atoms with Crippen LogP contribution in [0.25, 0.3) is 0 Å². The fourth-order valence-electron chi connectivity index (χ4n) is 4.70. The number of nitrogens with zero attached hydrogens (tertiary/aromatic N) is 2. The summed E-state index contributed by atoms with van der Waals surface area (Å²) in [5, 5.41) is 3.68. The summed E-state index contributed by atoms with van der Waals surface area (Å²) in [7, 11) is 0. The molecule has 38 heavy (non-hydrogen) atoms. The molecule has 0 spiro atoms. The maximum absolute atomic E-state index is 14.2. The van der Waals surface area contributed by atoms with Crippen LogP contribution in [0.3, 0.4) is 0 Å². The van der Waals surface area contributed by atoms with Crippen LogP contribution in [-0.4, -0.2) is 47.7 Å². The Kier molecular flexibility index (Phi) is 7.48. The Morgan fingerprint density at radius 1 is 1.11 bits per heavy atom. The van der Waals surface area contributed by atoms with E-state index in [0.717, 1.165) is 12.1 Å². The molecule has 2 aromatic carbocycles. The lowest BCUT2D eigenvalue weighted by Gasteiger charge is -2.29. The smallest absolute Gasteiger partial charge is 0.374 e. The number of alkyl halides is 6. The lowest BCUT2D eigenvalue weighted by molar-refractivity contribution is -0.275. The summed E-state index contributed by atoms with van der Waals surface area (Å²) in [6.45, 7) is 0.106. The molecule has 2 aliphatic rings. The highest BCUT2D eigenvalue weighted by atomic mass is 35.5. The van der Waals surface area contributed by atoms with Gasteiger partial charge in [0.2, 0.25) is 5.91 Å². The van der Waals surface area contributed by atoms with Crippen molar-refractivity contribution in [3.05, 3.63) is 68.7 Å². The van der Waals surface area contributed by atoms with Gasteiger partial charge in [-0.3, -0.25) is 9.59 Å². The fraction of sp³-hybridized carbons (Fsp3) is 0.400. The van der Waals surface area contributed by atoms with Gasteiger partial charge in [-0.2, -0.15) is 26.3 Å². The highest BCUT2D eigenvalue weighted by Crippen LogP contribution is 2.49. The zero-order valence-corrected chi connectivity index (χ0v) is 21.2. The van der Waals surface area contributed by atoms with Gasteiger partial charge in [0.05, 0.1) is 5.71 Å². The topological polar surface area (TPSA) is 59.0 Å². The molecule has 1 amide bonds. The van der Waals surface area contributed by atoms with Gasteiger partial charge in [0.15, 0.2) is 5.78 Å². The van der Waals surface area contributed by atoms with Crippen molar-refractivity contribution in [2.75, 3.05) is 13.1 Å². The average molecular weight is 581 g/mol. The zero-order valence-electron chi connectivity index (χ0n) is 19.7. The SMILES string of the molecule is Cc1cc(C2=NOC(c3cc(Cl)cc(Cl)c3)(C(F)(F)F)C2)ccc1C(=O)CC1CCN(CC(F)(F)F)C1=O. The van der Waals surface area contributed by atoms with Crippen LogP contribution < -0.4 is 0 Å². The van der Waals surface area contributed by atoms with Gasteiger partial charge in [0, 0.05) is 46.5 Å². The predicted molar refractivity (Wildman–Crippen MR) is 127 cm³/mol. The second-order valence-electron chi connectivity index (χ2n) is 9.31. The average Bonchev–Trinajstić information content (AvgIpc) is 3.38. The molecule has 1 fully saturated rings. The summed E-state index contributed by atoms with van der Waals surface area (Å²) >= 11 is 11.8. The molecule has 204 valence electrons. The molecule has 4 rings (SSSR count). The van der Waals surface area contributed by atoms with E-state index in [1.807, 2.05) is 0 Å². The molecule has 0 radical (unpaired) electrons. The molecule has 0 aromatic heterocycles. The van der Waals surface area contributed by atoms with Gasteiger partial charge in [0.25, 0.3) is 5.60 Å². The van der Waals surface area contributed by atoms with Gasteiger partial charge in [0.1, 0.15) is 6.54 Å². The summed E-state index contributed by atoms with van der Waals surface area (Å²) in [4.78, 5) is 30.8. The van der Waals surface area contributed by atoms with Gasteiger partial charge in [-0.1, -0.05) is 40.5 Å². The molecule has 5 nitrogen and oxygen atoms in total. The molecule has 2 unspecified atom stereocenters. The Bertz CT molecular complexity index is 1290. The van der Waals surface area contributed by atoms with Crippen LogP contribution in [0, 0.1) is 12.8 Å². The van der Waals surface area contributed by atoms with Crippen LogP contribution in [0.15, 0.2) is 41.6 Å². The minimum absolute atomic E-state index is 0.00541. The maximum Gasteiger partial charge on any atom is 0.435 e. The number of rotatable bonds is 6. The number of aryl methyl sites for hydroxylation is 1. The van der Waals surface area contributed by atoms with Crippen molar-refractivity contribution < 1.29 is 40.8 Å². The number of hydrogen-bond donors (Lipinski definition) is 0. The van der Waals surface area contributed by atoms with Crippen molar-refractivity contribution in [2.45, 2.75) is 44.1 Å². The highest BCUT2D eigenvalue weighted by Gasteiger charge is 2.62. The normalized spacial score (nSPS) is 22.0. The number of halogens is 8. The maximum atomic E-state index is 14.2. The number of ketones is 1. The predicted octanol–water partition coefficient (Wildman–Crippen LogP) is 6.87. The standard InChI is InChI=1S/C25H20Cl2F6N2O3/c1-13-6-14(2-3-19(13)21(36)7-15-4-5-35(22(15)37)12-24(28,29)30)20-11-23(38-34-20,25(31,32)33)16-8-17(26)10-18(27)9-16/h2-3,6,8-10,15H,4-5,7,11-12H2,1H3. The third-order valence-electron chi connectivity index (χ3n) is 6.59. The Labute approximate surface area is 223 Å². The quantitative estimate of drug-likeness (QED) is 0.277. The Morgan fingerprint density at radius 2 is 1.76 bits per heavy atom. The molecular weight excluding hydrogens is 561 g/mol. The van der Waals surface area contributed by atoms with Crippen molar-refractivity contribution >= 4 is 40.6 Å². The first-order valence-corrected chi connectivity index (χ1v) is 12.1. The van der Waals surface area contributed by atoms with Gasteiger partial charge < -0.3 is 9.74 Å². The number of amides is 1. The summed E-state index contributed by atoms with van der Waals surface area (Å²) in [5.41, 5.74) is -2.25. The van der Waals surface area contributed by atoms with Crippen molar-refractivity contribution in [2.24, 2.45) is 11.1 Å². The van der Waals surface area contributed by atoms with E-state index in [0.29, 0.717) is 10.5 Å². The minimum atomic E-state index is -4.87. The number of Topliss-reactive ketones (excluding diaryl/α,β-unsaturated/α-hetero) is 1. The molecule has 0 saturated carbocycles. The van der Waals surface area contributed by atoms with E-state index < -0.39 is 48.5 Å². The second kappa shape index (κ2) is 10.1. The van der Waals surface area contributed by atoms with Crippen LogP contribution in [0.5, 0.6) is 0 Å². The molecule has 2 aromatic rings. The lowest BCUT2D eigenvalue weighted by atomic mass is 9.86. The molecule has 0 aliphatic carbocycles. The molecule has 2 atom stereocenters. The van der Waals surface area contributed by atoms with E-state index in [-0.39, 0.29) is 51.8 Å². The molecule has 0 N–H and O–H groups in total. The number of carbonyl (C=O) groups is 2. The number of benzene rings is 2. The summed E-state index contributed by atoms with van der Waals surface area (Å²) < 4.78 is 80.6. The zero-order chi connectivity index (χ0) is 28.0. The van der Waals surface area contributed by atoms with Crippen molar-refractivity contribution in [1.29, 1.82) is 0 Å². The summed E-state index contributed by atoms with van der Waals surface area (Å²) in [6, 6.07) is 7.77. The van der Waals surface area contributed by atoms with E-state index in [1.165, 1.54) is 24.3 Å². The van der Waals surface area contributed by atoms with Crippen LogP contribution in [0.1, 0.15) is 46.3 Å². The Hall–Kier alpha value is -2.79. The van der Waals surface area contributed by atoms with Crippen molar-refractivity contribution in [3.63, 3.8) is 0 Å². The van der Waals surface area contributed by atoms with Crippen LogP contribution in [0.2, 0.25) is 10.0 Å². The molecule has 13 heteroatoms. The number of carbonyl (C=O) groups excluding carboxylic acids is 2. The lowest BCUT2D eigenvalue weighted by Crippen LogP contribution is -2.42. The third-order valence-corrected chi connectivity index (χ3v) is 7.02. The fourth-order valence-corrected chi connectivity index (χ4v) is 5.23. The van der Waals surface area contributed by atoms with Gasteiger partial charge >= 0.3 is 12.4 Å². The molecule has 2 heterocycles. The van der Waals surface area contributed by atoms with E-state index >= 15 is 0 Å². The van der Waals surface area contributed by atoms with Crippen molar-refractivity contribution in [3.8, 4) is 0 Å². The first-order valence-electron chi connectivity index (χ1n) is 11.4. The Balaban J connectivity index is 1.51. The van der Waals surface area contributed by atoms with E-state index in [9.17, 15) is 35.9 Å². The van der Waals surface area contributed by atoms with E-state index in [4.69, 9.17) is 28.0 Å². The first kappa shape index (κ1) is 28.2. The van der Waals surface area contributed by atoms with Gasteiger partial charge in [-0.05, 0) is 48.7 Å². The van der Waals surface area contributed by atoms with Crippen molar-refractivity contribution in [1.82, 2.24) is 4.90 Å². The monoisotopic (exact) mass is 580 g/mol. The molecule has 0 bridgehead atoms. The number of likely N-dealkylation sites (tertiary alicyclic amines) is 1. The largest absolute Gasteiger partial charge is 0.435 e. The van der Waals surface area contributed by atoms with E-state index in [1.54, 1.807) is 6.92 Å². The summed E-state index contributed by atoms with van der Waals surface area (Å²) in [6.07, 6.45) is -10.2. The van der Waals surface area contributed by atoms with Gasteiger partial charge in [-0.15, -0.1) is 0 Å².